The lowest BCUT2D eigenvalue weighted by atomic mass is 9.75. The van der Waals surface area contributed by atoms with Gasteiger partial charge in [0.1, 0.15) is 5.82 Å². The highest BCUT2D eigenvalue weighted by Crippen LogP contribution is 2.36. The third-order valence-corrected chi connectivity index (χ3v) is 7.44. The van der Waals surface area contributed by atoms with Crippen molar-refractivity contribution in [2.75, 3.05) is 13.2 Å². The number of halogens is 1. The van der Waals surface area contributed by atoms with E-state index in [1.807, 2.05) is 30.3 Å². The van der Waals surface area contributed by atoms with Crippen molar-refractivity contribution in [2.45, 2.75) is 57.5 Å². The molecule has 3 unspecified atom stereocenters. The number of carbonyl (C=O) groups excluding carboxylic acids is 1. The summed E-state index contributed by atoms with van der Waals surface area (Å²) in [6.07, 6.45) is 4.39. The molecular weight excluding hydrogens is 449 g/mol. The van der Waals surface area contributed by atoms with Gasteiger partial charge in [0.2, 0.25) is 5.91 Å². The van der Waals surface area contributed by atoms with E-state index in [-0.39, 0.29) is 23.2 Å². The zero-order chi connectivity index (χ0) is 25.4. The minimum atomic E-state index is -0.268. The summed E-state index contributed by atoms with van der Waals surface area (Å²) in [6.45, 7) is 5.81. The summed E-state index contributed by atoms with van der Waals surface area (Å²) in [4.78, 5) is 13.1. The number of amides is 1. The molecule has 3 aromatic carbocycles. The average Bonchev–Trinajstić information content (AvgIpc) is 2.88. The Morgan fingerprint density at radius 3 is 2.28 bits per heavy atom. The minimum Gasteiger partial charge on any atom is -0.376 e. The SMILES string of the molecule is CC1(C)CC(C(CCNC(=O)CC(c2ccccc2)c2ccc(F)cc2)Cc2ccccc2)CCO1. The van der Waals surface area contributed by atoms with Crippen LogP contribution in [-0.2, 0) is 16.0 Å². The van der Waals surface area contributed by atoms with E-state index in [0.29, 0.717) is 24.8 Å². The lowest BCUT2D eigenvalue weighted by Gasteiger charge is -2.39. The monoisotopic (exact) mass is 487 g/mol. The zero-order valence-corrected chi connectivity index (χ0v) is 21.5. The molecule has 1 aliphatic heterocycles. The zero-order valence-electron chi connectivity index (χ0n) is 21.5. The normalized spacial score (nSPS) is 18.8. The smallest absolute Gasteiger partial charge is 0.220 e. The fourth-order valence-corrected chi connectivity index (χ4v) is 5.57. The largest absolute Gasteiger partial charge is 0.376 e. The summed E-state index contributed by atoms with van der Waals surface area (Å²) in [5.41, 5.74) is 3.26. The molecule has 1 amide bonds. The van der Waals surface area contributed by atoms with Gasteiger partial charge in [0.05, 0.1) is 5.60 Å². The highest BCUT2D eigenvalue weighted by molar-refractivity contribution is 5.77. The number of rotatable bonds is 10. The molecular formula is C32H38FNO2. The van der Waals surface area contributed by atoms with Gasteiger partial charge in [-0.2, -0.15) is 0 Å². The molecule has 3 nitrogen and oxygen atoms in total. The van der Waals surface area contributed by atoms with Crippen molar-refractivity contribution in [3.63, 3.8) is 0 Å². The predicted octanol–water partition coefficient (Wildman–Crippen LogP) is 6.92. The van der Waals surface area contributed by atoms with E-state index in [1.54, 1.807) is 12.1 Å². The van der Waals surface area contributed by atoms with E-state index in [4.69, 9.17) is 4.74 Å². The number of benzene rings is 3. The molecule has 1 saturated heterocycles. The van der Waals surface area contributed by atoms with Crippen LogP contribution in [0.2, 0.25) is 0 Å². The highest BCUT2D eigenvalue weighted by Gasteiger charge is 2.33. The first-order valence-electron chi connectivity index (χ1n) is 13.1. The number of nitrogens with one attached hydrogen (secondary N) is 1. The van der Waals surface area contributed by atoms with Crippen LogP contribution >= 0.6 is 0 Å². The molecule has 190 valence electrons. The van der Waals surface area contributed by atoms with Crippen molar-refractivity contribution in [2.24, 2.45) is 11.8 Å². The Labute approximate surface area is 215 Å². The first kappa shape index (κ1) is 26.1. The third kappa shape index (κ3) is 7.51. The summed E-state index contributed by atoms with van der Waals surface area (Å²) in [7, 11) is 0. The van der Waals surface area contributed by atoms with Crippen molar-refractivity contribution in [1.29, 1.82) is 0 Å². The molecule has 1 aliphatic rings. The van der Waals surface area contributed by atoms with Gasteiger partial charge in [0, 0.05) is 25.5 Å². The van der Waals surface area contributed by atoms with Crippen LogP contribution in [-0.4, -0.2) is 24.7 Å². The quantitative estimate of drug-likeness (QED) is 0.337. The second-order valence-corrected chi connectivity index (χ2v) is 10.7. The molecule has 4 rings (SSSR count). The second kappa shape index (κ2) is 12.3. The Morgan fingerprint density at radius 1 is 0.972 bits per heavy atom. The summed E-state index contributed by atoms with van der Waals surface area (Å²) in [6, 6.07) is 27.1. The van der Waals surface area contributed by atoms with Gasteiger partial charge in [-0.3, -0.25) is 4.79 Å². The van der Waals surface area contributed by atoms with Gasteiger partial charge >= 0.3 is 0 Å². The highest BCUT2D eigenvalue weighted by atomic mass is 19.1. The van der Waals surface area contributed by atoms with E-state index < -0.39 is 0 Å². The predicted molar refractivity (Wildman–Crippen MR) is 143 cm³/mol. The lowest BCUT2D eigenvalue weighted by Crippen LogP contribution is -2.38. The van der Waals surface area contributed by atoms with Gasteiger partial charge in [0.25, 0.3) is 0 Å². The number of hydrogen-bond donors (Lipinski definition) is 1. The minimum absolute atomic E-state index is 0.0268. The van der Waals surface area contributed by atoms with E-state index in [1.165, 1.54) is 17.7 Å². The summed E-state index contributed by atoms with van der Waals surface area (Å²) < 4.78 is 19.5. The van der Waals surface area contributed by atoms with E-state index in [9.17, 15) is 9.18 Å². The van der Waals surface area contributed by atoms with Crippen molar-refractivity contribution in [3.05, 3.63) is 107 Å². The van der Waals surface area contributed by atoms with Gasteiger partial charge in [-0.1, -0.05) is 72.8 Å². The number of carbonyl (C=O) groups is 1. The molecule has 0 spiro atoms. The number of hydrogen-bond acceptors (Lipinski definition) is 2. The van der Waals surface area contributed by atoms with Crippen molar-refractivity contribution in [3.8, 4) is 0 Å². The Hall–Kier alpha value is -2.98. The van der Waals surface area contributed by atoms with Crippen LogP contribution < -0.4 is 5.32 Å². The molecule has 0 radical (unpaired) electrons. The Morgan fingerprint density at radius 2 is 1.61 bits per heavy atom. The molecule has 0 aromatic heterocycles. The van der Waals surface area contributed by atoms with Crippen LogP contribution in [0.5, 0.6) is 0 Å². The summed E-state index contributed by atoms with van der Waals surface area (Å²) in [5.74, 6) is 0.706. The van der Waals surface area contributed by atoms with Gasteiger partial charge in [-0.05, 0) is 80.2 Å². The topological polar surface area (TPSA) is 38.3 Å². The summed E-state index contributed by atoms with van der Waals surface area (Å²) in [5, 5.41) is 3.20. The maximum Gasteiger partial charge on any atom is 0.220 e. The standard InChI is InChI=1S/C32H38FNO2/c1-32(2)23-28(18-20-36-32)27(21-24-9-5-3-6-10-24)17-19-34-31(35)22-30(25-11-7-4-8-12-25)26-13-15-29(33)16-14-26/h3-16,27-28,30H,17-23H2,1-2H3,(H,34,35). The first-order valence-corrected chi connectivity index (χ1v) is 13.1. The Kier molecular flexibility index (Phi) is 8.93. The lowest BCUT2D eigenvalue weighted by molar-refractivity contribution is -0.121. The molecule has 36 heavy (non-hydrogen) atoms. The van der Waals surface area contributed by atoms with Crippen LogP contribution in [0.25, 0.3) is 0 Å². The first-order chi connectivity index (χ1) is 17.4. The van der Waals surface area contributed by atoms with E-state index >= 15 is 0 Å². The molecule has 0 aliphatic carbocycles. The van der Waals surface area contributed by atoms with E-state index in [2.05, 4.69) is 49.5 Å². The second-order valence-electron chi connectivity index (χ2n) is 10.7. The van der Waals surface area contributed by atoms with Crippen LogP contribution in [0.4, 0.5) is 4.39 Å². The van der Waals surface area contributed by atoms with Crippen LogP contribution in [0, 0.1) is 17.7 Å². The van der Waals surface area contributed by atoms with Gasteiger partial charge in [-0.15, -0.1) is 0 Å². The fourth-order valence-electron chi connectivity index (χ4n) is 5.57. The van der Waals surface area contributed by atoms with Crippen molar-refractivity contribution in [1.82, 2.24) is 5.32 Å². The Bertz CT molecular complexity index is 1080. The number of ether oxygens (including phenoxy) is 1. The van der Waals surface area contributed by atoms with Crippen molar-refractivity contribution < 1.29 is 13.9 Å². The van der Waals surface area contributed by atoms with Crippen LogP contribution in [0.15, 0.2) is 84.9 Å². The fraction of sp³-hybridized carbons (Fsp3) is 0.406. The molecule has 4 heteroatoms. The van der Waals surface area contributed by atoms with Crippen molar-refractivity contribution >= 4 is 5.91 Å². The van der Waals surface area contributed by atoms with Gasteiger partial charge in [-0.25, -0.2) is 4.39 Å². The van der Waals surface area contributed by atoms with Crippen LogP contribution in [0.3, 0.4) is 0 Å². The summed E-state index contributed by atoms with van der Waals surface area (Å²) >= 11 is 0. The third-order valence-electron chi connectivity index (χ3n) is 7.44. The van der Waals surface area contributed by atoms with Gasteiger partial charge in [0.15, 0.2) is 0 Å². The average molecular weight is 488 g/mol. The molecule has 0 bridgehead atoms. The maximum atomic E-state index is 13.5. The van der Waals surface area contributed by atoms with E-state index in [0.717, 1.165) is 43.4 Å². The van der Waals surface area contributed by atoms with Gasteiger partial charge < -0.3 is 10.1 Å². The molecule has 3 atom stereocenters. The molecule has 3 aromatic rings. The molecule has 1 N–H and O–H groups in total. The molecule has 0 saturated carbocycles. The molecule has 1 heterocycles. The maximum absolute atomic E-state index is 13.5. The van der Waals surface area contributed by atoms with Crippen LogP contribution in [0.1, 0.15) is 62.1 Å². The Balaban J connectivity index is 1.40. The molecule has 1 fully saturated rings.